The van der Waals surface area contributed by atoms with Crippen LogP contribution in [0.4, 0.5) is 11.5 Å². The first-order valence-corrected chi connectivity index (χ1v) is 5.61. The lowest BCUT2D eigenvalue weighted by atomic mass is 9.96. The number of anilines is 2. The Kier molecular flexibility index (Phi) is 1.92. The number of rotatable bonds is 0. The summed E-state index contributed by atoms with van der Waals surface area (Å²) in [5, 5.41) is 4.53. The molecule has 1 atom stereocenters. The number of nitrogen functional groups attached to an aromatic ring is 1. The van der Waals surface area contributed by atoms with E-state index >= 15 is 0 Å². The van der Waals surface area contributed by atoms with Gasteiger partial charge in [-0.1, -0.05) is 0 Å². The third-order valence-electron chi connectivity index (χ3n) is 3.45. The van der Waals surface area contributed by atoms with Crippen LogP contribution >= 0.6 is 0 Å². The van der Waals surface area contributed by atoms with E-state index in [0.29, 0.717) is 5.82 Å². The van der Waals surface area contributed by atoms with Crippen LogP contribution in [-0.2, 0) is 7.05 Å². The molecule has 1 aliphatic heterocycles. The molecular formula is C12H15N5. The molecule has 0 aliphatic carbocycles. The Bertz CT molecular complexity index is 587. The van der Waals surface area contributed by atoms with Crippen LogP contribution in [0.15, 0.2) is 18.5 Å². The fourth-order valence-electron chi connectivity index (χ4n) is 2.46. The molecule has 2 N–H and O–H groups in total. The zero-order valence-electron chi connectivity index (χ0n) is 10.2. The van der Waals surface area contributed by atoms with Crippen molar-refractivity contribution in [3.05, 3.63) is 24.0 Å². The lowest BCUT2D eigenvalue weighted by Crippen LogP contribution is -2.26. The topological polar surface area (TPSA) is 60.0 Å². The van der Waals surface area contributed by atoms with Gasteiger partial charge in [-0.15, -0.1) is 0 Å². The van der Waals surface area contributed by atoms with Crippen molar-refractivity contribution in [2.45, 2.75) is 13.0 Å². The quantitative estimate of drug-likeness (QED) is 0.745. The zero-order chi connectivity index (χ0) is 12.2. The number of fused-ring (bicyclic) bond motifs is 3. The van der Waals surface area contributed by atoms with Crippen LogP contribution in [0.5, 0.6) is 0 Å². The number of nitrogens with zero attached hydrogens (tertiary/aromatic N) is 4. The highest BCUT2D eigenvalue weighted by molar-refractivity contribution is 5.87. The molecule has 3 rings (SSSR count). The van der Waals surface area contributed by atoms with Crippen molar-refractivity contribution < 1.29 is 0 Å². The van der Waals surface area contributed by atoms with Gasteiger partial charge >= 0.3 is 0 Å². The molecule has 3 heterocycles. The molecule has 0 saturated carbocycles. The molecule has 88 valence electrons. The van der Waals surface area contributed by atoms with Gasteiger partial charge < -0.3 is 10.6 Å². The van der Waals surface area contributed by atoms with Crippen LogP contribution in [0.2, 0.25) is 0 Å². The van der Waals surface area contributed by atoms with E-state index in [9.17, 15) is 0 Å². The minimum Gasteiger partial charge on any atom is -0.382 e. The molecule has 2 aromatic heterocycles. The van der Waals surface area contributed by atoms with E-state index in [4.69, 9.17) is 5.73 Å². The Morgan fingerprint density at radius 2 is 2.12 bits per heavy atom. The predicted molar refractivity (Wildman–Crippen MR) is 67.7 cm³/mol. The maximum atomic E-state index is 5.97. The lowest BCUT2D eigenvalue weighted by Gasteiger charge is -2.33. The maximum absolute atomic E-state index is 5.97. The van der Waals surface area contributed by atoms with Crippen molar-refractivity contribution in [3.8, 4) is 11.3 Å². The highest BCUT2D eigenvalue weighted by Gasteiger charge is 2.30. The summed E-state index contributed by atoms with van der Waals surface area (Å²) in [6.45, 7) is 2.15. The minimum absolute atomic E-state index is 0.262. The second kappa shape index (κ2) is 3.23. The number of aromatic nitrogens is 3. The molecule has 0 saturated heterocycles. The first-order valence-electron chi connectivity index (χ1n) is 5.61. The summed E-state index contributed by atoms with van der Waals surface area (Å²) >= 11 is 0. The Morgan fingerprint density at radius 1 is 1.35 bits per heavy atom. The highest BCUT2D eigenvalue weighted by atomic mass is 15.3. The van der Waals surface area contributed by atoms with E-state index in [-0.39, 0.29) is 6.04 Å². The Hall–Kier alpha value is -2.04. The highest BCUT2D eigenvalue weighted by Crippen LogP contribution is 2.44. The fraction of sp³-hybridized carbons (Fsp3) is 0.333. The van der Waals surface area contributed by atoms with Crippen molar-refractivity contribution >= 4 is 11.5 Å². The van der Waals surface area contributed by atoms with E-state index in [1.54, 1.807) is 6.20 Å². The number of hydrogen-bond acceptors (Lipinski definition) is 4. The second-order valence-electron chi connectivity index (χ2n) is 4.49. The van der Waals surface area contributed by atoms with Gasteiger partial charge in [-0.2, -0.15) is 5.10 Å². The standard InChI is InChI=1S/C12H15N5/c1-7-9-6-16(2)15-10(9)8-4-5-14-12(13)11(8)17(7)3/h4-7H,1-3H3,(H2,13,14). The number of nitrogens with two attached hydrogens (primary N) is 1. The Morgan fingerprint density at radius 3 is 2.88 bits per heavy atom. The Labute approximate surface area is 99.9 Å². The number of aryl methyl sites for hydroxylation is 1. The molecule has 5 nitrogen and oxygen atoms in total. The summed E-state index contributed by atoms with van der Waals surface area (Å²) in [5.41, 5.74) is 10.3. The zero-order valence-corrected chi connectivity index (χ0v) is 10.2. The molecule has 1 aliphatic rings. The summed E-state index contributed by atoms with van der Waals surface area (Å²) in [7, 11) is 3.98. The average Bonchev–Trinajstić information content (AvgIpc) is 2.68. The molecule has 17 heavy (non-hydrogen) atoms. The summed E-state index contributed by atoms with van der Waals surface area (Å²) < 4.78 is 1.85. The van der Waals surface area contributed by atoms with Crippen molar-refractivity contribution in [1.29, 1.82) is 0 Å². The fourth-order valence-corrected chi connectivity index (χ4v) is 2.46. The van der Waals surface area contributed by atoms with Crippen LogP contribution in [-0.4, -0.2) is 21.8 Å². The van der Waals surface area contributed by atoms with Crippen LogP contribution in [0, 0.1) is 0 Å². The lowest BCUT2D eigenvalue weighted by molar-refractivity contribution is 0.729. The second-order valence-corrected chi connectivity index (χ2v) is 4.49. The minimum atomic E-state index is 0.262. The molecule has 1 unspecified atom stereocenters. The first-order chi connectivity index (χ1) is 8.09. The number of hydrogen-bond donors (Lipinski definition) is 1. The summed E-state index contributed by atoms with van der Waals surface area (Å²) in [6, 6.07) is 2.23. The van der Waals surface area contributed by atoms with E-state index in [1.807, 2.05) is 24.8 Å². The van der Waals surface area contributed by atoms with E-state index in [1.165, 1.54) is 5.56 Å². The van der Waals surface area contributed by atoms with Crippen LogP contribution in [0.1, 0.15) is 18.5 Å². The van der Waals surface area contributed by atoms with Gasteiger partial charge in [-0.25, -0.2) is 4.98 Å². The van der Waals surface area contributed by atoms with Crippen LogP contribution in [0.25, 0.3) is 11.3 Å². The third-order valence-corrected chi connectivity index (χ3v) is 3.45. The molecule has 0 radical (unpaired) electrons. The first kappa shape index (κ1) is 10.1. The van der Waals surface area contributed by atoms with Gasteiger partial charge in [0.15, 0.2) is 0 Å². The van der Waals surface area contributed by atoms with Gasteiger partial charge in [0.25, 0.3) is 0 Å². The summed E-state index contributed by atoms with van der Waals surface area (Å²) in [4.78, 5) is 6.31. The van der Waals surface area contributed by atoms with Gasteiger partial charge in [-0.05, 0) is 13.0 Å². The van der Waals surface area contributed by atoms with Gasteiger partial charge in [0.1, 0.15) is 5.82 Å². The molecule has 0 aromatic carbocycles. The van der Waals surface area contributed by atoms with Crippen molar-refractivity contribution in [2.75, 3.05) is 17.7 Å². The largest absolute Gasteiger partial charge is 0.382 e. The van der Waals surface area contributed by atoms with Crippen molar-refractivity contribution in [3.63, 3.8) is 0 Å². The molecule has 0 spiro atoms. The molecule has 0 bridgehead atoms. The monoisotopic (exact) mass is 229 g/mol. The van der Waals surface area contributed by atoms with Gasteiger partial charge in [-0.3, -0.25) is 4.68 Å². The molecular weight excluding hydrogens is 214 g/mol. The molecule has 0 fully saturated rings. The number of pyridine rings is 1. The SMILES string of the molecule is CC1c2cn(C)nc2-c2ccnc(N)c2N1C. The van der Waals surface area contributed by atoms with Gasteiger partial charge in [0, 0.05) is 37.6 Å². The molecule has 2 aromatic rings. The van der Waals surface area contributed by atoms with E-state index < -0.39 is 0 Å². The van der Waals surface area contributed by atoms with Gasteiger partial charge in [0.2, 0.25) is 0 Å². The predicted octanol–water partition coefficient (Wildman–Crippen LogP) is 1.58. The molecule has 0 amide bonds. The smallest absolute Gasteiger partial charge is 0.147 e. The Balaban J connectivity index is 2.35. The normalized spacial score (nSPS) is 17.8. The van der Waals surface area contributed by atoms with Crippen LogP contribution < -0.4 is 10.6 Å². The van der Waals surface area contributed by atoms with Gasteiger partial charge in [0.05, 0.1) is 17.4 Å². The van der Waals surface area contributed by atoms with E-state index in [2.05, 4.69) is 28.1 Å². The maximum Gasteiger partial charge on any atom is 0.147 e. The van der Waals surface area contributed by atoms with E-state index in [0.717, 1.165) is 16.9 Å². The summed E-state index contributed by atoms with van der Waals surface area (Å²) in [5.74, 6) is 0.563. The average molecular weight is 229 g/mol. The van der Waals surface area contributed by atoms with Crippen LogP contribution in [0.3, 0.4) is 0 Å². The van der Waals surface area contributed by atoms with Crippen molar-refractivity contribution in [1.82, 2.24) is 14.8 Å². The molecule has 5 heteroatoms. The van der Waals surface area contributed by atoms with Crippen molar-refractivity contribution in [2.24, 2.45) is 7.05 Å². The summed E-state index contributed by atoms with van der Waals surface area (Å²) in [6.07, 6.45) is 3.80. The third kappa shape index (κ3) is 1.25.